The molecule has 3 aromatic rings. The number of alkyl halides is 1. The van der Waals surface area contributed by atoms with Crippen LogP contribution in [0.25, 0.3) is 11.0 Å². The van der Waals surface area contributed by atoms with Crippen molar-refractivity contribution in [2.75, 3.05) is 0 Å². The molecule has 0 amide bonds. The zero-order valence-electron chi connectivity index (χ0n) is 12.4. The highest BCUT2D eigenvalue weighted by atomic mass is 35.5. The standard InChI is InChI=1S/C17H18ClN3/c1-11-5-4-6-15-16(11)20-17(12(2)18)21(15)13(3)14-7-9-19-10-8-14/h4-10,12-13H,1-3H3. The molecule has 0 fully saturated rings. The Labute approximate surface area is 129 Å². The van der Waals surface area contributed by atoms with Crippen molar-refractivity contribution in [1.82, 2.24) is 14.5 Å². The van der Waals surface area contributed by atoms with Gasteiger partial charge in [0.15, 0.2) is 0 Å². The summed E-state index contributed by atoms with van der Waals surface area (Å²) in [6.07, 6.45) is 3.64. The number of para-hydroxylation sites is 1. The first-order valence-corrected chi connectivity index (χ1v) is 7.54. The van der Waals surface area contributed by atoms with E-state index in [1.54, 1.807) is 0 Å². The Kier molecular flexibility index (Phi) is 3.68. The fraction of sp³-hybridized carbons (Fsp3) is 0.294. The molecule has 1 aromatic carbocycles. The van der Waals surface area contributed by atoms with Crippen molar-refractivity contribution in [2.45, 2.75) is 32.2 Å². The topological polar surface area (TPSA) is 30.7 Å². The maximum absolute atomic E-state index is 6.37. The highest BCUT2D eigenvalue weighted by Gasteiger charge is 2.20. The summed E-state index contributed by atoms with van der Waals surface area (Å²) in [6, 6.07) is 10.5. The minimum absolute atomic E-state index is 0.138. The van der Waals surface area contributed by atoms with Crippen molar-refractivity contribution < 1.29 is 0 Å². The number of aryl methyl sites for hydroxylation is 1. The van der Waals surface area contributed by atoms with Crippen LogP contribution < -0.4 is 0 Å². The zero-order valence-corrected chi connectivity index (χ0v) is 13.2. The van der Waals surface area contributed by atoms with Gasteiger partial charge in [0.25, 0.3) is 0 Å². The summed E-state index contributed by atoms with van der Waals surface area (Å²) >= 11 is 6.37. The molecule has 2 heterocycles. The SMILES string of the molecule is Cc1cccc2c1nc(C(C)Cl)n2C(C)c1ccncc1. The van der Waals surface area contributed by atoms with Gasteiger partial charge in [-0.3, -0.25) is 4.98 Å². The Balaban J connectivity index is 2.25. The van der Waals surface area contributed by atoms with E-state index in [1.807, 2.05) is 31.5 Å². The molecule has 0 saturated heterocycles. The number of fused-ring (bicyclic) bond motifs is 1. The van der Waals surface area contributed by atoms with Crippen LogP contribution in [0.2, 0.25) is 0 Å². The number of halogens is 1. The smallest absolute Gasteiger partial charge is 0.128 e. The van der Waals surface area contributed by atoms with Crippen molar-refractivity contribution in [1.29, 1.82) is 0 Å². The number of hydrogen-bond acceptors (Lipinski definition) is 2. The molecule has 0 aliphatic rings. The third kappa shape index (κ3) is 2.42. The molecule has 0 N–H and O–H groups in total. The van der Waals surface area contributed by atoms with E-state index < -0.39 is 0 Å². The Bertz CT molecular complexity index is 762. The number of hydrogen-bond donors (Lipinski definition) is 0. The monoisotopic (exact) mass is 299 g/mol. The Morgan fingerprint density at radius 1 is 1.10 bits per heavy atom. The Morgan fingerprint density at radius 2 is 1.81 bits per heavy atom. The molecule has 0 spiro atoms. The number of nitrogens with zero attached hydrogens (tertiary/aromatic N) is 3. The summed E-state index contributed by atoms with van der Waals surface area (Å²) in [5, 5.41) is -0.138. The average molecular weight is 300 g/mol. The summed E-state index contributed by atoms with van der Waals surface area (Å²) in [5.41, 5.74) is 4.53. The quantitative estimate of drug-likeness (QED) is 0.659. The van der Waals surface area contributed by atoms with Crippen LogP contribution in [0, 0.1) is 6.92 Å². The second kappa shape index (κ2) is 5.49. The molecule has 2 unspecified atom stereocenters. The Hall–Kier alpha value is -1.87. The van der Waals surface area contributed by atoms with Crippen LogP contribution in [0.5, 0.6) is 0 Å². The van der Waals surface area contributed by atoms with Gasteiger partial charge < -0.3 is 4.57 Å². The molecule has 0 aliphatic heterocycles. The highest BCUT2D eigenvalue weighted by Crippen LogP contribution is 2.31. The maximum atomic E-state index is 6.37. The van der Waals surface area contributed by atoms with E-state index in [-0.39, 0.29) is 11.4 Å². The van der Waals surface area contributed by atoms with Crippen molar-refractivity contribution >= 4 is 22.6 Å². The van der Waals surface area contributed by atoms with Gasteiger partial charge in [-0.1, -0.05) is 12.1 Å². The molecule has 0 radical (unpaired) electrons. The van der Waals surface area contributed by atoms with Gasteiger partial charge >= 0.3 is 0 Å². The highest BCUT2D eigenvalue weighted by molar-refractivity contribution is 6.20. The molecule has 3 rings (SSSR count). The summed E-state index contributed by atoms with van der Waals surface area (Å²) in [5.74, 6) is 0.908. The lowest BCUT2D eigenvalue weighted by Crippen LogP contribution is -2.11. The predicted molar refractivity (Wildman–Crippen MR) is 86.8 cm³/mol. The first-order valence-electron chi connectivity index (χ1n) is 7.11. The molecule has 4 heteroatoms. The van der Waals surface area contributed by atoms with E-state index in [0.717, 1.165) is 16.9 Å². The summed E-state index contributed by atoms with van der Waals surface area (Å²) in [6.45, 7) is 6.22. The molecular weight excluding hydrogens is 282 g/mol. The second-order valence-corrected chi connectivity index (χ2v) is 6.01. The molecule has 2 aromatic heterocycles. The lowest BCUT2D eigenvalue weighted by molar-refractivity contribution is 0.618. The molecule has 0 aliphatic carbocycles. The van der Waals surface area contributed by atoms with Crippen LogP contribution in [0.4, 0.5) is 0 Å². The van der Waals surface area contributed by atoms with Gasteiger partial charge in [0, 0.05) is 12.4 Å². The predicted octanol–water partition coefficient (Wildman–Crippen LogP) is 4.65. The molecule has 0 saturated carbocycles. The first-order chi connectivity index (χ1) is 10.1. The van der Waals surface area contributed by atoms with Gasteiger partial charge in [-0.2, -0.15) is 0 Å². The minimum atomic E-state index is -0.138. The second-order valence-electron chi connectivity index (χ2n) is 5.36. The number of rotatable bonds is 3. The minimum Gasteiger partial charge on any atom is -0.319 e. The van der Waals surface area contributed by atoms with Crippen LogP contribution in [-0.4, -0.2) is 14.5 Å². The average Bonchev–Trinajstić information content (AvgIpc) is 2.88. The fourth-order valence-electron chi connectivity index (χ4n) is 2.75. The van der Waals surface area contributed by atoms with Gasteiger partial charge in [0.1, 0.15) is 5.82 Å². The van der Waals surface area contributed by atoms with E-state index >= 15 is 0 Å². The molecule has 21 heavy (non-hydrogen) atoms. The molecule has 108 valence electrons. The number of pyridine rings is 1. The summed E-state index contributed by atoms with van der Waals surface area (Å²) in [4.78, 5) is 8.87. The lowest BCUT2D eigenvalue weighted by atomic mass is 10.1. The van der Waals surface area contributed by atoms with Crippen molar-refractivity contribution in [2.24, 2.45) is 0 Å². The van der Waals surface area contributed by atoms with E-state index in [9.17, 15) is 0 Å². The Morgan fingerprint density at radius 3 is 2.48 bits per heavy atom. The summed E-state index contributed by atoms with van der Waals surface area (Å²) < 4.78 is 2.23. The molecule has 0 bridgehead atoms. The van der Waals surface area contributed by atoms with Crippen molar-refractivity contribution in [3.05, 3.63) is 59.7 Å². The van der Waals surface area contributed by atoms with Gasteiger partial charge in [0.2, 0.25) is 0 Å². The molecule has 2 atom stereocenters. The third-order valence-corrected chi connectivity index (χ3v) is 4.08. The number of imidazole rings is 1. The third-order valence-electron chi connectivity index (χ3n) is 3.88. The van der Waals surface area contributed by atoms with E-state index in [1.165, 1.54) is 11.1 Å². The van der Waals surface area contributed by atoms with Crippen LogP contribution in [-0.2, 0) is 0 Å². The van der Waals surface area contributed by atoms with E-state index in [0.29, 0.717) is 0 Å². The van der Waals surface area contributed by atoms with Crippen molar-refractivity contribution in [3.8, 4) is 0 Å². The maximum Gasteiger partial charge on any atom is 0.128 e. The van der Waals surface area contributed by atoms with Gasteiger partial charge in [-0.15, -0.1) is 11.6 Å². The van der Waals surface area contributed by atoms with Gasteiger partial charge in [-0.05, 0) is 50.1 Å². The number of benzene rings is 1. The normalized spacial score (nSPS) is 14.3. The van der Waals surface area contributed by atoms with E-state index in [4.69, 9.17) is 16.6 Å². The van der Waals surface area contributed by atoms with Gasteiger partial charge in [-0.25, -0.2) is 4.98 Å². The lowest BCUT2D eigenvalue weighted by Gasteiger charge is -2.19. The fourth-order valence-corrected chi connectivity index (χ4v) is 2.91. The zero-order chi connectivity index (χ0) is 15.0. The first kappa shape index (κ1) is 14.1. The summed E-state index contributed by atoms with van der Waals surface area (Å²) in [7, 11) is 0. The molecular formula is C17H18ClN3. The van der Waals surface area contributed by atoms with Crippen LogP contribution in [0.3, 0.4) is 0 Å². The van der Waals surface area contributed by atoms with E-state index in [2.05, 4.69) is 41.6 Å². The largest absolute Gasteiger partial charge is 0.319 e. The van der Waals surface area contributed by atoms with Crippen molar-refractivity contribution in [3.63, 3.8) is 0 Å². The van der Waals surface area contributed by atoms with Crippen LogP contribution in [0.1, 0.15) is 42.2 Å². The number of aromatic nitrogens is 3. The van der Waals surface area contributed by atoms with Crippen LogP contribution in [0.15, 0.2) is 42.7 Å². The van der Waals surface area contributed by atoms with Gasteiger partial charge in [0.05, 0.1) is 22.5 Å². The molecule has 3 nitrogen and oxygen atoms in total. The van der Waals surface area contributed by atoms with Crippen LogP contribution >= 0.6 is 11.6 Å².